The van der Waals surface area contributed by atoms with Crippen molar-refractivity contribution in [2.75, 3.05) is 19.6 Å². The molecule has 20 heavy (non-hydrogen) atoms. The minimum absolute atomic E-state index is 0.134. The van der Waals surface area contributed by atoms with E-state index < -0.39 is 0 Å². The predicted molar refractivity (Wildman–Crippen MR) is 81.5 cm³/mol. The van der Waals surface area contributed by atoms with E-state index in [-0.39, 0.29) is 17.1 Å². The van der Waals surface area contributed by atoms with Crippen LogP contribution in [0.25, 0.3) is 0 Å². The number of nitrogens with zero attached hydrogens (tertiary/aromatic N) is 2. The van der Waals surface area contributed by atoms with Gasteiger partial charge in [0.15, 0.2) is 0 Å². The van der Waals surface area contributed by atoms with Crippen molar-refractivity contribution in [3.8, 4) is 0 Å². The van der Waals surface area contributed by atoms with Gasteiger partial charge in [-0.3, -0.25) is 4.79 Å². The normalized spacial score (nSPS) is 17.1. The van der Waals surface area contributed by atoms with Gasteiger partial charge in [0, 0.05) is 25.3 Å². The zero-order valence-electron chi connectivity index (χ0n) is 11.5. The van der Waals surface area contributed by atoms with Crippen molar-refractivity contribution in [2.24, 2.45) is 0 Å². The molecule has 1 aromatic rings. The Morgan fingerprint density at radius 3 is 2.75 bits per heavy atom. The van der Waals surface area contributed by atoms with E-state index in [0.717, 1.165) is 32.5 Å². The van der Waals surface area contributed by atoms with Crippen LogP contribution in [0, 0.1) is 0 Å². The Kier molecular flexibility index (Phi) is 5.64. The molecule has 1 aliphatic rings. The second-order valence-electron chi connectivity index (χ2n) is 5.09. The van der Waals surface area contributed by atoms with Gasteiger partial charge in [0.2, 0.25) is 0 Å². The highest BCUT2D eigenvalue weighted by Gasteiger charge is 2.21. The highest BCUT2D eigenvalue weighted by atomic mass is 35.5. The zero-order valence-corrected chi connectivity index (χ0v) is 13.0. The molecule has 6 heteroatoms. The summed E-state index contributed by atoms with van der Waals surface area (Å²) in [5.74, 6) is -0.134. The Balaban J connectivity index is 1.87. The lowest BCUT2D eigenvalue weighted by atomic mass is 10.0. The molecule has 0 spiro atoms. The number of carbonyl (C=O) groups is 1. The van der Waals surface area contributed by atoms with Gasteiger partial charge in [-0.1, -0.05) is 30.1 Å². The number of hydrogen-bond acceptors (Lipinski definition) is 3. The summed E-state index contributed by atoms with van der Waals surface area (Å²) in [4.78, 5) is 18.4. The van der Waals surface area contributed by atoms with Crippen LogP contribution < -0.4 is 5.32 Å². The molecular formula is C14H19Cl2N3O. The summed E-state index contributed by atoms with van der Waals surface area (Å²) in [6, 6.07) is 1.78. The highest BCUT2D eigenvalue weighted by Crippen LogP contribution is 2.20. The van der Waals surface area contributed by atoms with Gasteiger partial charge in [0.25, 0.3) is 5.91 Å². The van der Waals surface area contributed by atoms with Crippen molar-refractivity contribution in [3.05, 3.63) is 28.0 Å². The number of hydrogen-bond donors (Lipinski definition) is 1. The van der Waals surface area contributed by atoms with Crippen LogP contribution in [0.4, 0.5) is 0 Å². The number of nitrogens with one attached hydrogen (secondary N) is 1. The fourth-order valence-electron chi connectivity index (χ4n) is 2.43. The van der Waals surface area contributed by atoms with E-state index in [9.17, 15) is 4.79 Å². The first-order chi connectivity index (χ1) is 9.60. The molecule has 4 nitrogen and oxygen atoms in total. The summed E-state index contributed by atoms with van der Waals surface area (Å²) in [7, 11) is 0. The number of aromatic nitrogens is 1. The third-order valence-electron chi connectivity index (χ3n) is 3.52. The summed E-state index contributed by atoms with van der Waals surface area (Å²) in [5.41, 5.74) is 0.454. The summed E-state index contributed by atoms with van der Waals surface area (Å²) in [6.45, 7) is 5.40. The number of rotatable bonds is 4. The van der Waals surface area contributed by atoms with Gasteiger partial charge in [-0.05, 0) is 31.9 Å². The van der Waals surface area contributed by atoms with Crippen LogP contribution in [0.3, 0.4) is 0 Å². The van der Waals surface area contributed by atoms with Gasteiger partial charge in [0.05, 0.1) is 10.6 Å². The summed E-state index contributed by atoms with van der Waals surface area (Å²) < 4.78 is 0. The topological polar surface area (TPSA) is 45.2 Å². The average Bonchev–Trinajstić information content (AvgIpc) is 2.44. The molecular weight excluding hydrogens is 297 g/mol. The molecule has 0 unspecified atom stereocenters. The van der Waals surface area contributed by atoms with Gasteiger partial charge in [0.1, 0.15) is 5.15 Å². The largest absolute Gasteiger partial charge is 0.349 e. The maximum atomic E-state index is 12.1. The van der Waals surface area contributed by atoms with Crippen LogP contribution in [0.15, 0.2) is 12.3 Å². The summed E-state index contributed by atoms with van der Waals surface area (Å²) >= 11 is 11.6. The minimum atomic E-state index is -0.134. The van der Waals surface area contributed by atoms with E-state index in [0.29, 0.717) is 10.6 Å². The van der Waals surface area contributed by atoms with Crippen LogP contribution in [-0.4, -0.2) is 41.5 Å². The number of pyridine rings is 1. The van der Waals surface area contributed by atoms with Gasteiger partial charge >= 0.3 is 0 Å². The van der Waals surface area contributed by atoms with Crippen molar-refractivity contribution in [1.29, 1.82) is 0 Å². The van der Waals surface area contributed by atoms with Crippen molar-refractivity contribution in [2.45, 2.75) is 32.2 Å². The lowest BCUT2D eigenvalue weighted by Crippen LogP contribution is -2.44. The smallest absolute Gasteiger partial charge is 0.253 e. The third kappa shape index (κ3) is 4.08. The van der Waals surface area contributed by atoms with E-state index in [4.69, 9.17) is 23.2 Å². The molecule has 1 aliphatic heterocycles. The standard InChI is InChI=1S/C14H19Cl2N3O/c1-2-5-19-6-3-11(4-7-19)18-14(20)10-8-12(15)13(16)17-9-10/h8-9,11H,2-7H2,1H3,(H,18,20). The quantitative estimate of drug-likeness (QED) is 0.869. The Morgan fingerprint density at radius 1 is 1.45 bits per heavy atom. The average molecular weight is 316 g/mol. The van der Waals surface area contributed by atoms with Crippen LogP contribution in [-0.2, 0) is 0 Å². The summed E-state index contributed by atoms with van der Waals surface area (Å²) in [5, 5.41) is 3.56. The maximum Gasteiger partial charge on any atom is 0.253 e. The van der Waals surface area contributed by atoms with E-state index in [1.165, 1.54) is 12.6 Å². The second kappa shape index (κ2) is 7.25. The van der Waals surface area contributed by atoms with E-state index in [1.54, 1.807) is 6.07 Å². The molecule has 0 saturated carbocycles. The molecule has 1 saturated heterocycles. The van der Waals surface area contributed by atoms with Crippen molar-refractivity contribution >= 4 is 29.1 Å². The molecule has 0 aromatic carbocycles. The first-order valence-corrected chi connectivity index (χ1v) is 7.70. The molecule has 1 amide bonds. The van der Waals surface area contributed by atoms with Gasteiger partial charge in [-0.2, -0.15) is 0 Å². The van der Waals surface area contributed by atoms with Gasteiger partial charge in [-0.15, -0.1) is 0 Å². The van der Waals surface area contributed by atoms with E-state index >= 15 is 0 Å². The first kappa shape index (κ1) is 15.5. The molecule has 0 atom stereocenters. The Bertz CT molecular complexity index is 473. The first-order valence-electron chi connectivity index (χ1n) is 6.94. The monoisotopic (exact) mass is 315 g/mol. The summed E-state index contributed by atoms with van der Waals surface area (Å²) in [6.07, 6.45) is 4.60. The molecule has 1 aromatic heterocycles. The van der Waals surface area contributed by atoms with Crippen LogP contribution in [0.2, 0.25) is 10.2 Å². The van der Waals surface area contributed by atoms with Gasteiger partial charge in [-0.25, -0.2) is 4.98 Å². The highest BCUT2D eigenvalue weighted by molar-refractivity contribution is 6.41. The predicted octanol–water partition coefficient (Wildman–Crippen LogP) is 2.99. The number of amides is 1. The van der Waals surface area contributed by atoms with Crippen molar-refractivity contribution < 1.29 is 4.79 Å². The third-order valence-corrected chi connectivity index (χ3v) is 4.21. The second-order valence-corrected chi connectivity index (χ2v) is 5.85. The fourth-order valence-corrected chi connectivity index (χ4v) is 2.70. The number of piperidine rings is 1. The molecule has 2 heterocycles. The number of likely N-dealkylation sites (tertiary alicyclic amines) is 1. The van der Waals surface area contributed by atoms with Gasteiger partial charge < -0.3 is 10.2 Å². The lowest BCUT2D eigenvalue weighted by molar-refractivity contribution is 0.0911. The van der Waals surface area contributed by atoms with Crippen molar-refractivity contribution in [1.82, 2.24) is 15.2 Å². The molecule has 1 fully saturated rings. The molecule has 1 N–H and O–H groups in total. The Hall–Kier alpha value is -0.840. The Labute approximate surface area is 129 Å². The molecule has 0 bridgehead atoms. The minimum Gasteiger partial charge on any atom is -0.349 e. The van der Waals surface area contributed by atoms with Crippen LogP contribution >= 0.6 is 23.2 Å². The Morgan fingerprint density at radius 2 is 2.15 bits per heavy atom. The van der Waals surface area contributed by atoms with E-state index in [1.807, 2.05) is 0 Å². The SMILES string of the molecule is CCCN1CCC(NC(=O)c2cnc(Cl)c(Cl)c2)CC1. The molecule has 2 rings (SSSR count). The zero-order chi connectivity index (χ0) is 14.5. The maximum absolute atomic E-state index is 12.1. The van der Waals surface area contributed by atoms with Crippen molar-refractivity contribution in [3.63, 3.8) is 0 Å². The fraction of sp³-hybridized carbons (Fsp3) is 0.571. The number of halogens is 2. The van der Waals surface area contributed by atoms with E-state index in [2.05, 4.69) is 22.1 Å². The van der Waals surface area contributed by atoms with Crippen LogP contribution in [0.1, 0.15) is 36.5 Å². The lowest BCUT2D eigenvalue weighted by Gasteiger charge is -2.32. The molecule has 0 radical (unpaired) electrons. The van der Waals surface area contributed by atoms with Crippen LogP contribution in [0.5, 0.6) is 0 Å². The molecule has 0 aliphatic carbocycles. The molecule has 110 valence electrons. The number of carbonyl (C=O) groups excluding carboxylic acids is 1.